The van der Waals surface area contributed by atoms with Gasteiger partial charge in [-0.25, -0.2) is 0 Å². The van der Waals surface area contributed by atoms with Gasteiger partial charge in [0.2, 0.25) is 0 Å². The number of aliphatic hydroxyl groups is 3. The molecule has 0 aromatic carbocycles. The fourth-order valence-corrected chi connectivity index (χ4v) is 2.85. The van der Waals surface area contributed by atoms with E-state index >= 15 is 0 Å². The SMILES string of the molecule is O=P(O)(O)CCC1O[C@H](Cc2cn[nH]n2)C(O)C(O)[C@@H]1O. The van der Waals surface area contributed by atoms with Crippen LogP contribution in [0.2, 0.25) is 0 Å². The molecular formula is C10H18N3O7P. The molecule has 0 spiro atoms. The number of aromatic amines is 1. The molecule has 0 aliphatic carbocycles. The highest BCUT2D eigenvalue weighted by molar-refractivity contribution is 7.51. The first-order valence-corrected chi connectivity index (χ1v) is 8.16. The van der Waals surface area contributed by atoms with Crippen molar-refractivity contribution >= 4 is 7.60 Å². The quantitative estimate of drug-likeness (QED) is 0.328. The van der Waals surface area contributed by atoms with E-state index < -0.39 is 44.3 Å². The molecule has 0 amide bonds. The Morgan fingerprint density at radius 2 is 1.86 bits per heavy atom. The van der Waals surface area contributed by atoms with Crippen molar-refractivity contribution in [2.24, 2.45) is 0 Å². The van der Waals surface area contributed by atoms with Crippen LogP contribution in [-0.4, -0.2) is 77.2 Å². The summed E-state index contributed by atoms with van der Waals surface area (Å²) in [6.45, 7) is 0. The lowest BCUT2D eigenvalue weighted by atomic mass is 9.92. The van der Waals surface area contributed by atoms with Crippen LogP contribution in [0.15, 0.2) is 6.20 Å². The summed E-state index contributed by atoms with van der Waals surface area (Å²) in [5.41, 5.74) is 0.497. The van der Waals surface area contributed by atoms with E-state index in [2.05, 4.69) is 15.4 Å². The zero-order chi connectivity index (χ0) is 15.6. The number of hydrogen-bond donors (Lipinski definition) is 6. The zero-order valence-electron chi connectivity index (χ0n) is 11.0. The molecule has 0 radical (unpaired) electrons. The van der Waals surface area contributed by atoms with Crippen molar-refractivity contribution < 1.29 is 34.4 Å². The van der Waals surface area contributed by atoms with E-state index in [1.165, 1.54) is 6.20 Å². The number of aliphatic hydroxyl groups excluding tert-OH is 3. The van der Waals surface area contributed by atoms with E-state index in [1.807, 2.05) is 0 Å². The molecule has 3 unspecified atom stereocenters. The average Bonchev–Trinajstić information content (AvgIpc) is 2.90. The number of nitrogens with one attached hydrogen (secondary N) is 1. The monoisotopic (exact) mass is 323 g/mol. The molecule has 0 bridgehead atoms. The molecular weight excluding hydrogens is 305 g/mol. The van der Waals surface area contributed by atoms with Gasteiger partial charge in [-0.3, -0.25) is 4.57 Å². The van der Waals surface area contributed by atoms with Crippen LogP contribution < -0.4 is 0 Å². The van der Waals surface area contributed by atoms with E-state index in [4.69, 9.17) is 14.5 Å². The van der Waals surface area contributed by atoms with Gasteiger partial charge in [-0.15, -0.1) is 0 Å². The maximum absolute atomic E-state index is 10.9. The van der Waals surface area contributed by atoms with Crippen LogP contribution in [-0.2, 0) is 15.7 Å². The average molecular weight is 323 g/mol. The Balaban J connectivity index is 2.03. The minimum atomic E-state index is -4.23. The normalized spacial score (nSPS) is 34.0. The third-order valence-corrected chi connectivity index (χ3v) is 4.23. The van der Waals surface area contributed by atoms with Gasteiger partial charge in [-0.2, -0.15) is 15.4 Å². The number of H-pyrrole nitrogens is 1. The molecule has 10 nitrogen and oxygen atoms in total. The number of rotatable bonds is 5. The molecule has 1 aromatic heterocycles. The molecule has 120 valence electrons. The van der Waals surface area contributed by atoms with Crippen molar-refractivity contribution in [3.05, 3.63) is 11.9 Å². The molecule has 2 heterocycles. The van der Waals surface area contributed by atoms with Gasteiger partial charge < -0.3 is 29.8 Å². The van der Waals surface area contributed by atoms with Gasteiger partial charge in [0.15, 0.2) is 0 Å². The Labute approximate surface area is 119 Å². The highest BCUT2D eigenvalue weighted by atomic mass is 31.2. The third kappa shape index (κ3) is 4.30. The zero-order valence-corrected chi connectivity index (χ0v) is 11.9. The van der Waals surface area contributed by atoms with E-state index in [-0.39, 0.29) is 12.8 Å². The van der Waals surface area contributed by atoms with E-state index in [0.29, 0.717) is 5.69 Å². The minimum Gasteiger partial charge on any atom is -0.388 e. The first-order chi connectivity index (χ1) is 9.78. The second-order valence-corrected chi connectivity index (χ2v) is 6.80. The van der Waals surface area contributed by atoms with E-state index in [1.54, 1.807) is 0 Å². The summed E-state index contributed by atoms with van der Waals surface area (Å²) in [6, 6.07) is 0. The fraction of sp³-hybridized carbons (Fsp3) is 0.800. The van der Waals surface area contributed by atoms with Crippen molar-refractivity contribution in [2.75, 3.05) is 6.16 Å². The lowest BCUT2D eigenvalue weighted by Gasteiger charge is -2.40. The van der Waals surface area contributed by atoms with Crippen LogP contribution in [0, 0.1) is 0 Å². The van der Waals surface area contributed by atoms with Gasteiger partial charge in [0, 0.05) is 6.42 Å². The molecule has 1 fully saturated rings. The summed E-state index contributed by atoms with van der Waals surface area (Å²) < 4.78 is 16.4. The topological polar surface area (TPSA) is 169 Å². The van der Waals surface area contributed by atoms with E-state index in [9.17, 15) is 19.9 Å². The Bertz CT molecular complexity index is 493. The molecule has 1 aliphatic heterocycles. The number of nitrogens with zero attached hydrogens (tertiary/aromatic N) is 2. The molecule has 1 saturated heterocycles. The minimum absolute atomic E-state index is 0.134. The Kier molecular flexibility index (Phi) is 5.10. The summed E-state index contributed by atoms with van der Waals surface area (Å²) in [5.74, 6) is 0. The van der Waals surface area contributed by atoms with Crippen LogP contribution in [0.5, 0.6) is 0 Å². The highest BCUT2D eigenvalue weighted by Crippen LogP contribution is 2.37. The summed E-state index contributed by atoms with van der Waals surface area (Å²) in [4.78, 5) is 17.7. The maximum Gasteiger partial charge on any atom is 0.325 e. The Hall–Kier alpha value is -0.870. The molecule has 2 rings (SSSR count). The van der Waals surface area contributed by atoms with Gasteiger partial charge in [-0.1, -0.05) is 0 Å². The smallest absolute Gasteiger partial charge is 0.325 e. The first kappa shape index (κ1) is 16.5. The highest BCUT2D eigenvalue weighted by Gasteiger charge is 2.44. The second-order valence-electron chi connectivity index (χ2n) is 5.03. The summed E-state index contributed by atoms with van der Waals surface area (Å²) >= 11 is 0. The van der Waals surface area contributed by atoms with E-state index in [0.717, 1.165) is 0 Å². The molecule has 6 N–H and O–H groups in total. The second kappa shape index (κ2) is 6.49. The van der Waals surface area contributed by atoms with Crippen molar-refractivity contribution in [3.8, 4) is 0 Å². The van der Waals surface area contributed by atoms with Crippen molar-refractivity contribution in [3.63, 3.8) is 0 Å². The first-order valence-electron chi connectivity index (χ1n) is 6.37. The predicted molar refractivity (Wildman–Crippen MR) is 68.3 cm³/mol. The van der Waals surface area contributed by atoms with Gasteiger partial charge in [0.1, 0.15) is 18.3 Å². The van der Waals surface area contributed by atoms with Crippen LogP contribution >= 0.6 is 7.60 Å². The number of hydrogen-bond acceptors (Lipinski definition) is 7. The van der Waals surface area contributed by atoms with Crippen molar-refractivity contribution in [2.45, 2.75) is 43.4 Å². The van der Waals surface area contributed by atoms with Crippen LogP contribution in [0.25, 0.3) is 0 Å². The van der Waals surface area contributed by atoms with Crippen LogP contribution in [0.4, 0.5) is 0 Å². The molecule has 1 aromatic rings. The Morgan fingerprint density at radius 3 is 2.43 bits per heavy atom. The summed E-state index contributed by atoms with van der Waals surface area (Å²) in [6.07, 6.45) is -5.08. The van der Waals surface area contributed by atoms with Crippen LogP contribution in [0.1, 0.15) is 12.1 Å². The molecule has 1 aliphatic rings. The van der Waals surface area contributed by atoms with Gasteiger partial charge >= 0.3 is 7.60 Å². The Morgan fingerprint density at radius 1 is 1.19 bits per heavy atom. The lowest BCUT2D eigenvalue weighted by molar-refractivity contribution is -0.221. The van der Waals surface area contributed by atoms with Crippen molar-refractivity contribution in [1.82, 2.24) is 15.4 Å². The van der Waals surface area contributed by atoms with Gasteiger partial charge in [-0.05, 0) is 6.42 Å². The summed E-state index contributed by atoms with van der Waals surface area (Å²) in [7, 11) is -4.23. The molecule has 0 saturated carbocycles. The molecule has 21 heavy (non-hydrogen) atoms. The molecule has 5 atom stereocenters. The molecule has 11 heteroatoms. The fourth-order valence-electron chi connectivity index (χ4n) is 2.26. The third-order valence-electron chi connectivity index (χ3n) is 3.39. The van der Waals surface area contributed by atoms with Gasteiger partial charge in [0.05, 0.1) is 30.3 Å². The predicted octanol–water partition coefficient (Wildman–Crippen LogP) is -2.23. The summed E-state index contributed by atoms with van der Waals surface area (Å²) in [5, 5.41) is 39.4. The largest absolute Gasteiger partial charge is 0.388 e. The maximum atomic E-state index is 10.9. The number of ether oxygens (including phenoxy) is 1. The standard InChI is InChI=1S/C10H18N3O7P/c14-8-6(1-2-21(17,18)19)20-7(9(15)10(8)16)3-5-4-11-13-12-5/h4,6-10,14-16H,1-3H2,(H,11,12,13)(H2,17,18,19)/t6?,7-,8-,9?,10?/m1/s1. The van der Waals surface area contributed by atoms with Crippen molar-refractivity contribution in [1.29, 1.82) is 0 Å². The van der Waals surface area contributed by atoms with Gasteiger partial charge in [0.25, 0.3) is 0 Å². The lowest BCUT2D eigenvalue weighted by Crippen LogP contribution is -2.58. The van der Waals surface area contributed by atoms with Crippen LogP contribution in [0.3, 0.4) is 0 Å². The number of aromatic nitrogens is 3.